The lowest BCUT2D eigenvalue weighted by Crippen LogP contribution is -2.52. The molecule has 0 unspecified atom stereocenters. The van der Waals surface area contributed by atoms with Gasteiger partial charge in [-0.25, -0.2) is 0 Å². The minimum absolute atomic E-state index is 0.0744. The molecule has 0 aliphatic rings. The van der Waals surface area contributed by atoms with Crippen LogP contribution in [0.15, 0.2) is 12.7 Å². The molecular formula is C28H52NO6+. The second kappa shape index (κ2) is 22.6. The lowest BCUT2D eigenvalue weighted by molar-refractivity contribution is -0.927. The molecule has 0 amide bonds. The molecule has 0 atom stereocenters. The summed E-state index contributed by atoms with van der Waals surface area (Å²) in [5, 5.41) is 27.3. The van der Waals surface area contributed by atoms with Gasteiger partial charge in [-0.2, -0.15) is 0 Å². The third kappa shape index (κ3) is 22.3. The minimum Gasteiger partial charge on any atom is -0.481 e. The lowest BCUT2D eigenvalue weighted by Gasteiger charge is -2.38. The molecule has 0 saturated carbocycles. The first-order valence-corrected chi connectivity index (χ1v) is 13.9. The second-order valence-electron chi connectivity index (χ2n) is 10.0. The van der Waals surface area contributed by atoms with Crippen molar-refractivity contribution >= 4 is 17.9 Å². The first-order valence-electron chi connectivity index (χ1n) is 13.9. The number of carboxylic acid groups (broad SMARTS) is 3. The van der Waals surface area contributed by atoms with E-state index in [2.05, 4.69) is 6.58 Å². The van der Waals surface area contributed by atoms with E-state index in [-0.39, 0.29) is 43.4 Å². The van der Waals surface area contributed by atoms with Crippen molar-refractivity contribution in [3.8, 4) is 0 Å². The second-order valence-corrected chi connectivity index (χ2v) is 10.0. The van der Waals surface area contributed by atoms with Gasteiger partial charge in [0.25, 0.3) is 0 Å². The van der Waals surface area contributed by atoms with E-state index < -0.39 is 17.9 Å². The van der Waals surface area contributed by atoms with Crippen LogP contribution in [0, 0.1) is 0 Å². The summed E-state index contributed by atoms with van der Waals surface area (Å²) in [6.07, 6.45) is 21.6. The number of carbonyl (C=O) groups is 3. The summed E-state index contributed by atoms with van der Waals surface area (Å²) in [6, 6.07) is 0. The molecule has 0 heterocycles. The Morgan fingerprint density at radius 3 is 1.06 bits per heavy atom. The highest BCUT2D eigenvalue weighted by Gasteiger charge is 2.29. The Kier molecular flexibility index (Phi) is 21.3. The minimum atomic E-state index is -0.933. The predicted molar refractivity (Wildman–Crippen MR) is 141 cm³/mol. The monoisotopic (exact) mass is 498 g/mol. The van der Waals surface area contributed by atoms with Crippen LogP contribution in [0.1, 0.15) is 122 Å². The van der Waals surface area contributed by atoms with Crippen LogP contribution in [-0.2, 0) is 14.4 Å². The van der Waals surface area contributed by atoms with Crippen LogP contribution < -0.4 is 0 Å². The van der Waals surface area contributed by atoms with Crippen LogP contribution >= 0.6 is 0 Å². The highest BCUT2D eigenvalue weighted by molar-refractivity contribution is 5.67. The molecule has 0 aliphatic heterocycles. The number of hydrogen-bond donors (Lipinski definition) is 3. The highest BCUT2D eigenvalue weighted by atomic mass is 16.4. The number of quaternary nitrogens is 1. The average molecular weight is 499 g/mol. The van der Waals surface area contributed by atoms with Crippen LogP contribution in [-0.4, -0.2) is 63.9 Å². The van der Waals surface area contributed by atoms with Gasteiger partial charge in [0.15, 0.2) is 0 Å². The molecule has 204 valence electrons. The summed E-state index contributed by atoms with van der Waals surface area (Å²) in [5.41, 5.74) is 0. The molecule has 0 radical (unpaired) electrons. The maximum Gasteiger partial charge on any atom is 0.309 e. The van der Waals surface area contributed by atoms with Gasteiger partial charge in [-0.15, -0.1) is 6.58 Å². The van der Waals surface area contributed by atoms with E-state index in [0.29, 0.717) is 6.54 Å². The van der Waals surface area contributed by atoms with E-state index in [0.717, 1.165) is 25.7 Å². The fourth-order valence-corrected chi connectivity index (χ4v) is 4.70. The van der Waals surface area contributed by atoms with Crippen LogP contribution in [0.5, 0.6) is 0 Å². The molecule has 0 fully saturated rings. The maximum atomic E-state index is 11.1. The SMILES string of the molecule is C=CCCCCCCCCCCCCCCCCC[N+](CCC(=O)O)(CCC(=O)O)CCC(=O)O. The molecule has 7 heteroatoms. The summed E-state index contributed by atoms with van der Waals surface area (Å²) < 4.78 is 0.264. The number of allylic oxidation sites excluding steroid dienone is 1. The molecule has 0 aliphatic carbocycles. The molecule has 7 nitrogen and oxygen atoms in total. The number of hydrogen-bond acceptors (Lipinski definition) is 3. The van der Waals surface area contributed by atoms with Crippen molar-refractivity contribution in [1.29, 1.82) is 0 Å². The number of aliphatic carboxylic acids is 3. The summed E-state index contributed by atoms with van der Waals surface area (Å²) in [4.78, 5) is 33.3. The quantitative estimate of drug-likeness (QED) is 0.0663. The standard InChI is InChI=1S/C28H51NO6/c1-2-3-4-5-6-7-8-9-10-11-12-13-14-15-16-17-18-22-29(23-19-26(30)31,24-20-27(32)33)25-21-28(34)35/h2H,1,3-25H2,(H2-,30,31,32,33,34,35)/p+1. The molecule has 0 saturated heterocycles. The summed E-state index contributed by atoms with van der Waals surface area (Å²) in [6.45, 7) is 5.25. The van der Waals surface area contributed by atoms with Gasteiger partial charge in [0.05, 0.1) is 45.4 Å². The van der Waals surface area contributed by atoms with Crippen molar-refractivity contribution < 1.29 is 34.2 Å². The van der Waals surface area contributed by atoms with Crippen LogP contribution in [0.25, 0.3) is 0 Å². The third-order valence-corrected chi connectivity index (χ3v) is 6.94. The van der Waals surface area contributed by atoms with Crippen LogP contribution in [0.2, 0.25) is 0 Å². The highest BCUT2D eigenvalue weighted by Crippen LogP contribution is 2.17. The number of carboxylic acids is 3. The van der Waals surface area contributed by atoms with E-state index in [4.69, 9.17) is 15.3 Å². The molecule has 0 bridgehead atoms. The van der Waals surface area contributed by atoms with Gasteiger partial charge >= 0.3 is 17.9 Å². The first kappa shape index (κ1) is 33.1. The smallest absolute Gasteiger partial charge is 0.309 e. The summed E-state index contributed by atoms with van der Waals surface area (Å²) in [5.74, 6) is -2.80. The number of unbranched alkanes of at least 4 members (excludes halogenated alkanes) is 15. The van der Waals surface area contributed by atoms with Gasteiger partial charge in [0.1, 0.15) is 0 Å². The molecule has 0 aromatic carbocycles. The van der Waals surface area contributed by atoms with E-state index in [9.17, 15) is 14.4 Å². The topological polar surface area (TPSA) is 112 Å². The Labute approximate surface area is 213 Å². The molecule has 0 rings (SSSR count). The normalized spacial score (nSPS) is 11.4. The van der Waals surface area contributed by atoms with E-state index in [1.165, 1.54) is 77.0 Å². The zero-order valence-corrected chi connectivity index (χ0v) is 22.1. The average Bonchev–Trinajstić information content (AvgIpc) is 2.81. The Morgan fingerprint density at radius 2 is 0.771 bits per heavy atom. The maximum absolute atomic E-state index is 11.1. The largest absolute Gasteiger partial charge is 0.481 e. The fourth-order valence-electron chi connectivity index (χ4n) is 4.70. The summed E-state index contributed by atoms with van der Waals surface area (Å²) >= 11 is 0. The van der Waals surface area contributed by atoms with Gasteiger partial charge in [-0.3, -0.25) is 14.4 Å². The number of rotatable bonds is 27. The van der Waals surface area contributed by atoms with Gasteiger partial charge in [0.2, 0.25) is 0 Å². The van der Waals surface area contributed by atoms with E-state index in [1.54, 1.807) is 0 Å². The van der Waals surface area contributed by atoms with E-state index in [1.807, 2.05) is 6.08 Å². The molecule has 3 N–H and O–H groups in total. The van der Waals surface area contributed by atoms with Crippen LogP contribution in [0.4, 0.5) is 0 Å². The Bertz CT molecular complexity index is 532. The van der Waals surface area contributed by atoms with Gasteiger partial charge in [-0.1, -0.05) is 83.1 Å². The van der Waals surface area contributed by atoms with Crippen molar-refractivity contribution in [3.63, 3.8) is 0 Å². The Hall–Kier alpha value is -1.89. The molecule has 0 aromatic rings. The molecule has 0 aromatic heterocycles. The van der Waals surface area contributed by atoms with Gasteiger partial charge in [-0.05, 0) is 25.7 Å². The van der Waals surface area contributed by atoms with Crippen LogP contribution in [0.3, 0.4) is 0 Å². The Balaban J connectivity index is 3.99. The predicted octanol–water partition coefficient (Wildman–Crippen LogP) is 6.65. The zero-order chi connectivity index (χ0) is 26.2. The van der Waals surface area contributed by atoms with Crippen molar-refractivity contribution in [2.75, 3.05) is 26.2 Å². The Morgan fingerprint density at radius 1 is 0.486 bits per heavy atom. The van der Waals surface area contributed by atoms with Crippen molar-refractivity contribution in [2.24, 2.45) is 0 Å². The zero-order valence-electron chi connectivity index (χ0n) is 22.1. The lowest BCUT2D eigenvalue weighted by atomic mass is 10.0. The molecular weight excluding hydrogens is 446 g/mol. The number of nitrogens with zero attached hydrogens (tertiary/aromatic N) is 1. The van der Waals surface area contributed by atoms with Crippen molar-refractivity contribution in [1.82, 2.24) is 0 Å². The fraction of sp³-hybridized carbons (Fsp3) is 0.821. The van der Waals surface area contributed by atoms with Crippen molar-refractivity contribution in [2.45, 2.75) is 122 Å². The first-order chi connectivity index (χ1) is 16.8. The van der Waals surface area contributed by atoms with Crippen molar-refractivity contribution in [3.05, 3.63) is 12.7 Å². The van der Waals surface area contributed by atoms with Gasteiger partial charge in [0, 0.05) is 0 Å². The van der Waals surface area contributed by atoms with E-state index >= 15 is 0 Å². The van der Waals surface area contributed by atoms with Gasteiger partial charge < -0.3 is 19.8 Å². The summed E-state index contributed by atoms with van der Waals surface area (Å²) in [7, 11) is 0. The molecule has 0 spiro atoms. The third-order valence-electron chi connectivity index (χ3n) is 6.94. The molecule has 35 heavy (non-hydrogen) atoms.